The number of aromatic nitrogens is 4. The second-order valence-corrected chi connectivity index (χ2v) is 6.08. The van der Waals surface area contributed by atoms with Crippen LogP contribution in [0, 0.1) is 0 Å². The summed E-state index contributed by atoms with van der Waals surface area (Å²) in [7, 11) is 0. The summed E-state index contributed by atoms with van der Waals surface area (Å²) in [6, 6.07) is 7.07. The van der Waals surface area contributed by atoms with Gasteiger partial charge < -0.3 is 4.90 Å². The molecular weight excluding hydrogens is 328 g/mol. The Balaban J connectivity index is 1.59. The van der Waals surface area contributed by atoms with Crippen molar-refractivity contribution in [2.24, 2.45) is 0 Å². The highest BCUT2D eigenvalue weighted by atomic mass is 19.3. The summed E-state index contributed by atoms with van der Waals surface area (Å²) in [4.78, 5) is 22.3. The number of halogens is 2. The molecule has 3 heterocycles. The lowest BCUT2D eigenvalue weighted by Crippen LogP contribution is -2.42. The van der Waals surface area contributed by atoms with E-state index in [2.05, 4.69) is 15.1 Å². The van der Waals surface area contributed by atoms with E-state index in [0.717, 1.165) is 11.1 Å². The molecule has 4 rings (SSSR count). The molecule has 2 aromatic heterocycles. The normalized spacial score (nSPS) is 17.0. The highest BCUT2D eigenvalue weighted by Crippen LogP contribution is 2.29. The summed E-state index contributed by atoms with van der Waals surface area (Å²) in [5.41, 5.74) is 2.07. The van der Waals surface area contributed by atoms with Gasteiger partial charge in [-0.05, 0) is 17.7 Å². The molecule has 1 aliphatic heterocycles. The van der Waals surface area contributed by atoms with Crippen molar-refractivity contribution in [3.63, 3.8) is 0 Å². The second-order valence-electron chi connectivity index (χ2n) is 6.08. The van der Waals surface area contributed by atoms with E-state index in [0.29, 0.717) is 11.3 Å². The van der Waals surface area contributed by atoms with E-state index in [-0.39, 0.29) is 31.8 Å². The largest absolute Gasteiger partial charge is 0.338 e. The van der Waals surface area contributed by atoms with Crippen molar-refractivity contribution >= 4 is 11.7 Å². The van der Waals surface area contributed by atoms with Gasteiger partial charge in [0.15, 0.2) is 0 Å². The van der Waals surface area contributed by atoms with E-state index in [9.17, 15) is 13.6 Å². The molecule has 25 heavy (non-hydrogen) atoms. The monoisotopic (exact) mass is 343 g/mol. The van der Waals surface area contributed by atoms with Crippen LogP contribution >= 0.6 is 0 Å². The summed E-state index contributed by atoms with van der Waals surface area (Å²) in [5.74, 6) is -2.41. The Morgan fingerprint density at radius 3 is 2.72 bits per heavy atom. The minimum Gasteiger partial charge on any atom is -0.338 e. The number of benzene rings is 1. The van der Waals surface area contributed by atoms with Gasteiger partial charge in [0.1, 0.15) is 6.33 Å². The Hall–Kier alpha value is -2.90. The lowest BCUT2D eigenvalue weighted by atomic mass is 10.0. The number of rotatable bonds is 2. The van der Waals surface area contributed by atoms with Crippen molar-refractivity contribution < 1.29 is 13.6 Å². The average Bonchev–Trinajstić information content (AvgIpc) is 3.09. The number of fused-ring (bicyclic) bond motifs is 1. The zero-order chi connectivity index (χ0) is 17.4. The van der Waals surface area contributed by atoms with E-state index >= 15 is 0 Å². The molecule has 0 atom stereocenters. The summed E-state index contributed by atoms with van der Waals surface area (Å²) < 4.78 is 28.1. The van der Waals surface area contributed by atoms with Crippen molar-refractivity contribution in [3.05, 3.63) is 48.5 Å². The molecule has 0 aliphatic carbocycles. The third kappa shape index (κ3) is 3.07. The predicted octanol–water partition coefficient (Wildman–Crippen LogP) is 2.66. The standard InChI is InChI=1S/C17H15F2N5O/c18-17(19)4-6-23(7-5-17)15(25)13-3-1-2-12(8-13)14-9-20-16-21-11-22-24(16)10-14/h1-3,8-11H,4-7H2. The Labute approximate surface area is 142 Å². The molecule has 6 nitrogen and oxygen atoms in total. The van der Waals surface area contributed by atoms with E-state index in [1.807, 2.05) is 6.07 Å². The third-order valence-electron chi connectivity index (χ3n) is 4.36. The summed E-state index contributed by atoms with van der Waals surface area (Å²) >= 11 is 0. The average molecular weight is 343 g/mol. The SMILES string of the molecule is O=C(c1cccc(-c2cnc3ncnn3c2)c1)N1CCC(F)(F)CC1. The van der Waals surface area contributed by atoms with Crippen LogP contribution in [0.2, 0.25) is 0 Å². The molecule has 3 aromatic rings. The molecule has 0 bridgehead atoms. The van der Waals surface area contributed by atoms with Gasteiger partial charge in [0, 0.05) is 49.5 Å². The predicted molar refractivity (Wildman–Crippen MR) is 86.3 cm³/mol. The molecule has 1 fully saturated rings. The van der Waals surface area contributed by atoms with Crippen LogP contribution in [0.4, 0.5) is 8.78 Å². The van der Waals surface area contributed by atoms with E-state index in [1.54, 1.807) is 35.1 Å². The lowest BCUT2D eigenvalue weighted by molar-refractivity contribution is -0.0494. The lowest BCUT2D eigenvalue weighted by Gasteiger charge is -2.31. The van der Waals surface area contributed by atoms with E-state index < -0.39 is 5.92 Å². The fraction of sp³-hybridized carbons (Fsp3) is 0.294. The first-order valence-electron chi connectivity index (χ1n) is 7.95. The quantitative estimate of drug-likeness (QED) is 0.718. The number of amides is 1. The molecule has 0 spiro atoms. The number of piperidine rings is 1. The van der Waals surface area contributed by atoms with Crippen LogP contribution in [0.1, 0.15) is 23.2 Å². The van der Waals surface area contributed by atoms with E-state index in [1.165, 1.54) is 11.2 Å². The third-order valence-corrected chi connectivity index (χ3v) is 4.36. The molecule has 0 saturated carbocycles. The van der Waals surface area contributed by atoms with Crippen LogP contribution in [0.15, 0.2) is 43.0 Å². The van der Waals surface area contributed by atoms with Gasteiger partial charge in [0.05, 0.1) is 0 Å². The molecule has 0 unspecified atom stereocenters. The van der Waals surface area contributed by atoms with Crippen LogP contribution in [0.25, 0.3) is 16.9 Å². The summed E-state index contributed by atoms with van der Waals surface area (Å²) in [5, 5.41) is 4.05. The molecular formula is C17H15F2N5O. The zero-order valence-electron chi connectivity index (χ0n) is 13.3. The maximum absolute atomic E-state index is 13.3. The highest BCUT2D eigenvalue weighted by molar-refractivity contribution is 5.95. The van der Waals surface area contributed by atoms with Gasteiger partial charge in [0.2, 0.25) is 0 Å². The molecule has 1 aromatic carbocycles. The van der Waals surface area contributed by atoms with Gasteiger partial charge >= 0.3 is 0 Å². The van der Waals surface area contributed by atoms with Crippen LogP contribution < -0.4 is 0 Å². The first-order chi connectivity index (χ1) is 12.0. The fourth-order valence-electron chi connectivity index (χ4n) is 2.92. The van der Waals surface area contributed by atoms with Crippen LogP contribution in [0.5, 0.6) is 0 Å². The van der Waals surface area contributed by atoms with Crippen molar-refractivity contribution in [3.8, 4) is 11.1 Å². The van der Waals surface area contributed by atoms with E-state index in [4.69, 9.17) is 0 Å². The van der Waals surface area contributed by atoms with Crippen molar-refractivity contribution in [2.75, 3.05) is 13.1 Å². The second kappa shape index (κ2) is 5.87. The van der Waals surface area contributed by atoms with Crippen LogP contribution in [0.3, 0.4) is 0 Å². The number of alkyl halides is 2. The summed E-state index contributed by atoms with van der Waals surface area (Å²) in [6.07, 6.45) is 4.28. The molecule has 0 N–H and O–H groups in total. The number of hydrogen-bond donors (Lipinski definition) is 0. The number of nitrogens with zero attached hydrogens (tertiary/aromatic N) is 5. The minimum atomic E-state index is -2.67. The van der Waals surface area contributed by atoms with Gasteiger partial charge in [-0.25, -0.2) is 18.3 Å². The van der Waals surface area contributed by atoms with Crippen molar-refractivity contribution in [2.45, 2.75) is 18.8 Å². The molecule has 1 saturated heterocycles. The smallest absolute Gasteiger partial charge is 0.253 e. The Bertz CT molecular complexity index is 929. The topological polar surface area (TPSA) is 63.4 Å². The minimum absolute atomic E-state index is 0.0720. The van der Waals surface area contributed by atoms with Gasteiger partial charge in [-0.3, -0.25) is 4.79 Å². The molecule has 8 heteroatoms. The Kier molecular flexibility index (Phi) is 3.67. The van der Waals surface area contributed by atoms with Gasteiger partial charge in [-0.15, -0.1) is 0 Å². The van der Waals surface area contributed by atoms with Gasteiger partial charge in [-0.1, -0.05) is 12.1 Å². The number of carbonyl (C=O) groups is 1. The molecule has 128 valence electrons. The molecule has 0 radical (unpaired) electrons. The Morgan fingerprint density at radius 1 is 1.12 bits per heavy atom. The summed E-state index contributed by atoms with van der Waals surface area (Å²) in [6.45, 7) is 0.144. The first kappa shape index (κ1) is 15.6. The fourth-order valence-corrected chi connectivity index (χ4v) is 2.92. The van der Waals surface area contributed by atoms with Gasteiger partial charge in [0.25, 0.3) is 17.6 Å². The van der Waals surface area contributed by atoms with Crippen LogP contribution in [-0.2, 0) is 0 Å². The van der Waals surface area contributed by atoms with Crippen LogP contribution in [-0.4, -0.2) is 49.4 Å². The number of carbonyl (C=O) groups excluding carboxylic acids is 1. The maximum atomic E-state index is 13.3. The van der Waals surface area contributed by atoms with Gasteiger partial charge in [-0.2, -0.15) is 10.1 Å². The molecule has 1 amide bonds. The van der Waals surface area contributed by atoms with Crippen molar-refractivity contribution in [1.29, 1.82) is 0 Å². The zero-order valence-corrected chi connectivity index (χ0v) is 13.3. The number of likely N-dealkylation sites (tertiary alicyclic amines) is 1. The number of hydrogen-bond acceptors (Lipinski definition) is 4. The highest BCUT2D eigenvalue weighted by Gasteiger charge is 2.35. The molecule has 1 aliphatic rings. The first-order valence-corrected chi connectivity index (χ1v) is 7.95. The van der Waals surface area contributed by atoms with Crippen molar-refractivity contribution in [1.82, 2.24) is 24.5 Å². The maximum Gasteiger partial charge on any atom is 0.253 e. The Morgan fingerprint density at radius 2 is 1.92 bits per heavy atom.